The molecule has 98 valence electrons. The Morgan fingerprint density at radius 1 is 1.39 bits per heavy atom. The van der Waals surface area contributed by atoms with Crippen molar-refractivity contribution >= 4 is 50.7 Å². The number of nitrogens with one attached hydrogen (secondary N) is 1. The summed E-state index contributed by atoms with van der Waals surface area (Å²) in [6, 6.07) is 3.03. The normalized spacial score (nSPS) is 23.1. The fraction of sp³-hybridized carbons (Fsp3) is 0.364. The smallest absolute Gasteiger partial charge is 0.231 e. The number of nitrogens with two attached hydrogens (primary N) is 1. The van der Waals surface area contributed by atoms with Gasteiger partial charge in [-0.2, -0.15) is 0 Å². The molecule has 0 bridgehead atoms. The molecule has 1 amide bonds. The van der Waals surface area contributed by atoms with Gasteiger partial charge in [0.25, 0.3) is 0 Å². The number of hydrogen-bond donors (Lipinski definition) is 2. The van der Waals surface area contributed by atoms with Gasteiger partial charge in [-0.05, 0) is 12.1 Å². The average Bonchev–Trinajstić information content (AvgIpc) is 2.69. The van der Waals surface area contributed by atoms with Crippen LogP contribution < -0.4 is 11.1 Å². The van der Waals surface area contributed by atoms with Gasteiger partial charge in [0.15, 0.2) is 0 Å². The number of ether oxygens (including phenoxy) is 1. The van der Waals surface area contributed by atoms with E-state index in [4.69, 9.17) is 33.7 Å². The number of carbonyl (C=O) groups excluding carboxylic acids is 1. The molecule has 1 aromatic rings. The van der Waals surface area contributed by atoms with E-state index in [9.17, 15) is 4.79 Å². The van der Waals surface area contributed by atoms with Gasteiger partial charge in [0.05, 0.1) is 34.9 Å². The highest BCUT2D eigenvalue weighted by Crippen LogP contribution is 2.34. The molecule has 0 aromatic heterocycles. The molecule has 0 saturated carbocycles. The molecule has 0 spiro atoms. The zero-order valence-corrected chi connectivity index (χ0v) is 12.3. The predicted molar refractivity (Wildman–Crippen MR) is 75.1 cm³/mol. The van der Waals surface area contributed by atoms with Crippen molar-refractivity contribution in [3.63, 3.8) is 0 Å². The SMILES string of the molecule is NC1COCC1C(=O)Nc1c(Cl)cc(Br)cc1Cl. The number of benzene rings is 1. The van der Waals surface area contributed by atoms with Crippen LogP contribution in [0.25, 0.3) is 0 Å². The topological polar surface area (TPSA) is 64.3 Å². The van der Waals surface area contributed by atoms with Gasteiger partial charge in [-0.1, -0.05) is 39.1 Å². The summed E-state index contributed by atoms with van der Waals surface area (Å²) in [5, 5.41) is 3.44. The van der Waals surface area contributed by atoms with Crippen LogP contribution in [-0.2, 0) is 9.53 Å². The maximum Gasteiger partial charge on any atom is 0.231 e. The maximum absolute atomic E-state index is 12.0. The van der Waals surface area contributed by atoms with Crippen LogP contribution in [0.15, 0.2) is 16.6 Å². The maximum atomic E-state index is 12.0. The number of rotatable bonds is 2. The van der Waals surface area contributed by atoms with Crippen molar-refractivity contribution in [3.8, 4) is 0 Å². The van der Waals surface area contributed by atoms with Crippen LogP contribution in [0.4, 0.5) is 5.69 Å². The molecule has 1 heterocycles. The summed E-state index contributed by atoms with van der Waals surface area (Å²) in [5.74, 6) is -0.605. The lowest BCUT2D eigenvalue weighted by atomic mass is 10.0. The second-order valence-electron chi connectivity index (χ2n) is 4.04. The molecule has 1 fully saturated rings. The van der Waals surface area contributed by atoms with E-state index in [0.29, 0.717) is 28.9 Å². The number of halogens is 3. The van der Waals surface area contributed by atoms with Crippen LogP contribution in [0.3, 0.4) is 0 Å². The van der Waals surface area contributed by atoms with E-state index in [1.54, 1.807) is 12.1 Å². The highest BCUT2D eigenvalue weighted by atomic mass is 79.9. The van der Waals surface area contributed by atoms with Crippen molar-refractivity contribution < 1.29 is 9.53 Å². The third-order valence-corrected chi connectivity index (χ3v) is 3.77. The molecule has 3 N–H and O–H groups in total. The minimum atomic E-state index is -0.374. The summed E-state index contributed by atoms with van der Waals surface area (Å²) in [6.07, 6.45) is 0. The van der Waals surface area contributed by atoms with Crippen molar-refractivity contribution in [2.45, 2.75) is 6.04 Å². The first-order valence-corrected chi connectivity index (χ1v) is 6.82. The first-order chi connectivity index (χ1) is 8.49. The predicted octanol–water partition coefficient (Wildman–Crippen LogP) is 2.67. The molecule has 1 aliphatic heterocycles. The van der Waals surface area contributed by atoms with E-state index in [2.05, 4.69) is 21.2 Å². The molecule has 1 saturated heterocycles. The van der Waals surface area contributed by atoms with Gasteiger partial charge in [0.1, 0.15) is 0 Å². The van der Waals surface area contributed by atoms with Crippen LogP contribution in [0.1, 0.15) is 0 Å². The van der Waals surface area contributed by atoms with Gasteiger partial charge in [-0.15, -0.1) is 0 Å². The Morgan fingerprint density at radius 2 is 2.00 bits per heavy atom. The minimum Gasteiger partial charge on any atom is -0.379 e. The minimum absolute atomic E-state index is 0.230. The quantitative estimate of drug-likeness (QED) is 0.859. The van der Waals surface area contributed by atoms with Crippen molar-refractivity contribution in [2.24, 2.45) is 11.7 Å². The van der Waals surface area contributed by atoms with E-state index >= 15 is 0 Å². The Balaban J connectivity index is 2.17. The third-order valence-electron chi connectivity index (χ3n) is 2.72. The van der Waals surface area contributed by atoms with Gasteiger partial charge in [0, 0.05) is 10.5 Å². The number of amides is 1. The van der Waals surface area contributed by atoms with Crippen LogP contribution in [0.2, 0.25) is 10.0 Å². The summed E-state index contributed by atoms with van der Waals surface area (Å²) >= 11 is 15.3. The summed E-state index contributed by atoms with van der Waals surface area (Å²) in [4.78, 5) is 12.0. The Morgan fingerprint density at radius 3 is 2.50 bits per heavy atom. The molecule has 0 aliphatic carbocycles. The second kappa shape index (κ2) is 5.75. The standard InChI is InChI=1S/C11H11BrCl2N2O2/c12-5-1-7(13)10(8(14)2-5)16-11(17)6-3-18-4-9(6)15/h1-2,6,9H,3-4,15H2,(H,16,17). The molecule has 0 radical (unpaired) electrons. The molecule has 2 unspecified atom stereocenters. The Bertz CT molecular complexity index is 461. The molecule has 1 aliphatic rings. The zero-order valence-electron chi connectivity index (χ0n) is 9.25. The van der Waals surface area contributed by atoms with E-state index < -0.39 is 0 Å². The van der Waals surface area contributed by atoms with Crippen LogP contribution in [0.5, 0.6) is 0 Å². The summed E-state index contributed by atoms with van der Waals surface area (Å²) < 4.78 is 5.90. The molecule has 4 nitrogen and oxygen atoms in total. The lowest BCUT2D eigenvalue weighted by molar-refractivity contribution is -0.120. The molecule has 2 atom stereocenters. The molecular formula is C11H11BrCl2N2O2. The van der Waals surface area contributed by atoms with Crippen molar-refractivity contribution in [1.29, 1.82) is 0 Å². The largest absolute Gasteiger partial charge is 0.379 e. The van der Waals surface area contributed by atoms with Crippen molar-refractivity contribution in [2.75, 3.05) is 18.5 Å². The van der Waals surface area contributed by atoms with E-state index in [0.717, 1.165) is 4.47 Å². The van der Waals surface area contributed by atoms with Crippen molar-refractivity contribution in [3.05, 3.63) is 26.7 Å². The Labute approximate surface area is 123 Å². The van der Waals surface area contributed by atoms with Crippen LogP contribution in [0, 0.1) is 5.92 Å². The summed E-state index contributed by atoms with van der Waals surface area (Å²) in [6.45, 7) is 0.707. The first kappa shape index (κ1) is 14.1. The highest BCUT2D eigenvalue weighted by Gasteiger charge is 2.31. The molecule has 2 rings (SSSR count). The van der Waals surface area contributed by atoms with Crippen LogP contribution >= 0.6 is 39.1 Å². The summed E-state index contributed by atoms with van der Waals surface area (Å²) in [5.41, 5.74) is 6.17. The van der Waals surface area contributed by atoms with Gasteiger partial charge in [-0.25, -0.2) is 0 Å². The monoisotopic (exact) mass is 352 g/mol. The highest BCUT2D eigenvalue weighted by molar-refractivity contribution is 9.10. The summed E-state index contributed by atoms with van der Waals surface area (Å²) in [7, 11) is 0. The Hall–Kier alpha value is -0.330. The lowest BCUT2D eigenvalue weighted by Gasteiger charge is -2.15. The number of carbonyl (C=O) groups is 1. The third kappa shape index (κ3) is 2.97. The molecule has 7 heteroatoms. The van der Waals surface area contributed by atoms with E-state index in [-0.39, 0.29) is 17.9 Å². The fourth-order valence-corrected chi connectivity index (χ4v) is 3.02. The number of hydrogen-bond acceptors (Lipinski definition) is 3. The average molecular weight is 354 g/mol. The Kier molecular flexibility index (Phi) is 4.50. The van der Waals surface area contributed by atoms with Gasteiger partial charge in [-0.3, -0.25) is 4.79 Å². The van der Waals surface area contributed by atoms with Gasteiger partial charge >= 0.3 is 0 Å². The number of anilines is 1. The van der Waals surface area contributed by atoms with Crippen molar-refractivity contribution in [1.82, 2.24) is 0 Å². The molecule has 18 heavy (non-hydrogen) atoms. The van der Waals surface area contributed by atoms with E-state index in [1.807, 2.05) is 0 Å². The van der Waals surface area contributed by atoms with Crippen LogP contribution in [-0.4, -0.2) is 25.2 Å². The zero-order chi connectivity index (χ0) is 13.3. The molecular weight excluding hydrogens is 343 g/mol. The van der Waals surface area contributed by atoms with E-state index in [1.165, 1.54) is 0 Å². The second-order valence-corrected chi connectivity index (χ2v) is 5.77. The first-order valence-electron chi connectivity index (χ1n) is 5.27. The molecule has 1 aromatic carbocycles. The lowest BCUT2D eigenvalue weighted by Crippen LogP contribution is -2.37. The fourth-order valence-electron chi connectivity index (χ4n) is 1.72. The van der Waals surface area contributed by atoms with Gasteiger partial charge < -0.3 is 15.8 Å². The van der Waals surface area contributed by atoms with Gasteiger partial charge in [0.2, 0.25) is 5.91 Å².